The first-order valence-corrected chi connectivity index (χ1v) is 7.50. The number of rotatable bonds is 5. The fourth-order valence-electron chi connectivity index (χ4n) is 1.66. The summed E-state index contributed by atoms with van der Waals surface area (Å²) in [5.74, 6) is 0. The van der Waals surface area contributed by atoms with Crippen LogP contribution in [-0.2, 0) is 4.74 Å². The van der Waals surface area contributed by atoms with Gasteiger partial charge in [0.25, 0.3) is 0 Å². The maximum atomic E-state index is 11.5. The standard InChI is InChI=1S/C14H20Cl2N2O4/c1-14(2,3)22-13(21)18-7-5-9(19)11(20)8-4-6-17-12(16)10(8)15/h4,6,9,11,19-20H,5,7H2,1-3H3,(H,18,21). The molecule has 8 heteroatoms. The molecule has 0 spiro atoms. The molecular weight excluding hydrogens is 331 g/mol. The summed E-state index contributed by atoms with van der Waals surface area (Å²) in [5, 5.41) is 22.7. The summed E-state index contributed by atoms with van der Waals surface area (Å²) in [4.78, 5) is 15.2. The van der Waals surface area contributed by atoms with Gasteiger partial charge in [-0.05, 0) is 33.3 Å². The number of carbonyl (C=O) groups is 1. The first-order valence-electron chi connectivity index (χ1n) is 6.74. The minimum absolute atomic E-state index is 0.0531. The van der Waals surface area contributed by atoms with E-state index in [9.17, 15) is 15.0 Å². The van der Waals surface area contributed by atoms with Gasteiger partial charge in [-0.25, -0.2) is 9.78 Å². The number of aliphatic hydroxyl groups excluding tert-OH is 2. The summed E-state index contributed by atoms with van der Waals surface area (Å²) in [6, 6.07) is 1.48. The van der Waals surface area contributed by atoms with Crippen molar-refractivity contribution in [1.82, 2.24) is 10.3 Å². The number of aliphatic hydroxyl groups is 2. The average molecular weight is 351 g/mol. The third-order valence-corrected chi connectivity index (χ3v) is 3.45. The molecule has 3 N–H and O–H groups in total. The van der Waals surface area contributed by atoms with E-state index in [2.05, 4.69) is 10.3 Å². The van der Waals surface area contributed by atoms with Gasteiger partial charge in [-0.1, -0.05) is 23.2 Å². The van der Waals surface area contributed by atoms with Gasteiger partial charge in [-0.2, -0.15) is 0 Å². The molecule has 1 aromatic rings. The minimum Gasteiger partial charge on any atom is -0.444 e. The highest BCUT2D eigenvalue weighted by molar-refractivity contribution is 6.41. The Kier molecular flexibility index (Phi) is 6.87. The average Bonchev–Trinajstić information content (AvgIpc) is 2.39. The summed E-state index contributed by atoms with van der Waals surface area (Å²) in [6.45, 7) is 5.39. The molecular formula is C14H20Cl2N2O4. The van der Waals surface area contributed by atoms with Gasteiger partial charge in [0.05, 0.1) is 11.1 Å². The van der Waals surface area contributed by atoms with Crippen molar-refractivity contribution in [3.63, 3.8) is 0 Å². The van der Waals surface area contributed by atoms with Crippen molar-refractivity contribution in [2.45, 2.75) is 45.0 Å². The van der Waals surface area contributed by atoms with E-state index in [4.69, 9.17) is 27.9 Å². The van der Waals surface area contributed by atoms with Crippen LogP contribution in [0.15, 0.2) is 12.3 Å². The van der Waals surface area contributed by atoms with E-state index in [1.165, 1.54) is 12.3 Å². The van der Waals surface area contributed by atoms with Gasteiger partial charge in [0.2, 0.25) is 0 Å². The Balaban J connectivity index is 2.50. The third kappa shape index (κ3) is 5.96. The van der Waals surface area contributed by atoms with E-state index in [1.54, 1.807) is 20.8 Å². The third-order valence-electron chi connectivity index (χ3n) is 2.67. The van der Waals surface area contributed by atoms with Crippen LogP contribution in [-0.4, -0.2) is 39.5 Å². The highest BCUT2D eigenvalue weighted by Gasteiger charge is 2.22. The van der Waals surface area contributed by atoms with E-state index in [0.717, 1.165) is 0 Å². The zero-order chi connectivity index (χ0) is 16.9. The van der Waals surface area contributed by atoms with Crippen molar-refractivity contribution in [2.75, 3.05) is 6.54 Å². The predicted molar refractivity (Wildman–Crippen MR) is 84.1 cm³/mol. The molecule has 0 aliphatic carbocycles. The molecule has 0 saturated heterocycles. The molecule has 0 aliphatic rings. The lowest BCUT2D eigenvalue weighted by Crippen LogP contribution is -2.34. The number of pyridine rings is 1. The van der Waals surface area contributed by atoms with Crippen LogP contribution in [0.25, 0.3) is 0 Å². The van der Waals surface area contributed by atoms with Gasteiger partial charge in [0.1, 0.15) is 16.9 Å². The first kappa shape index (κ1) is 19.0. The van der Waals surface area contributed by atoms with Crippen molar-refractivity contribution in [3.8, 4) is 0 Å². The maximum Gasteiger partial charge on any atom is 0.407 e. The molecule has 0 aromatic carbocycles. The number of ether oxygens (including phenoxy) is 1. The Morgan fingerprint density at radius 2 is 2.05 bits per heavy atom. The van der Waals surface area contributed by atoms with Crippen molar-refractivity contribution in [2.24, 2.45) is 0 Å². The number of amides is 1. The van der Waals surface area contributed by atoms with Crippen LogP contribution in [0.2, 0.25) is 10.2 Å². The second kappa shape index (κ2) is 7.97. The lowest BCUT2D eigenvalue weighted by atomic mass is 10.0. The number of halogens is 2. The van der Waals surface area contributed by atoms with Gasteiger partial charge < -0.3 is 20.3 Å². The molecule has 0 bridgehead atoms. The van der Waals surface area contributed by atoms with Crippen LogP contribution in [0, 0.1) is 0 Å². The van der Waals surface area contributed by atoms with Gasteiger partial charge in [-0.15, -0.1) is 0 Å². The Morgan fingerprint density at radius 1 is 1.41 bits per heavy atom. The molecule has 22 heavy (non-hydrogen) atoms. The number of nitrogens with one attached hydrogen (secondary N) is 1. The summed E-state index contributed by atoms with van der Waals surface area (Å²) >= 11 is 11.7. The Bertz CT molecular complexity index is 520. The molecule has 0 fully saturated rings. The maximum absolute atomic E-state index is 11.5. The molecule has 1 aromatic heterocycles. The lowest BCUT2D eigenvalue weighted by Gasteiger charge is -2.21. The zero-order valence-corrected chi connectivity index (χ0v) is 14.1. The lowest BCUT2D eigenvalue weighted by molar-refractivity contribution is 0.0123. The van der Waals surface area contributed by atoms with Gasteiger partial charge >= 0.3 is 6.09 Å². The Morgan fingerprint density at radius 3 is 2.64 bits per heavy atom. The van der Waals surface area contributed by atoms with Crippen LogP contribution < -0.4 is 5.32 Å². The number of carbonyl (C=O) groups excluding carboxylic acids is 1. The number of aromatic nitrogens is 1. The molecule has 2 unspecified atom stereocenters. The molecule has 1 rings (SSSR count). The minimum atomic E-state index is -1.23. The van der Waals surface area contributed by atoms with Crippen LogP contribution in [0.3, 0.4) is 0 Å². The molecule has 1 heterocycles. The van der Waals surface area contributed by atoms with Crippen molar-refractivity contribution >= 4 is 29.3 Å². The monoisotopic (exact) mass is 350 g/mol. The number of alkyl carbamates (subject to hydrolysis) is 1. The molecule has 124 valence electrons. The van der Waals surface area contributed by atoms with E-state index in [1.807, 2.05) is 0 Å². The summed E-state index contributed by atoms with van der Waals surface area (Å²) in [5.41, 5.74) is -0.310. The van der Waals surface area contributed by atoms with Gasteiger partial charge in [0, 0.05) is 18.3 Å². The molecule has 0 radical (unpaired) electrons. The smallest absolute Gasteiger partial charge is 0.407 e. The summed E-state index contributed by atoms with van der Waals surface area (Å²) in [7, 11) is 0. The SMILES string of the molecule is CC(C)(C)OC(=O)NCCC(O)C(O)c1ccnc(Cl)c1Cl. The van der Waals surface area contributed by atoms with Crippen LogP contribution in [0.5, 0.6) is 0 Å². The Labute approximate surface area is 139 Å². The van der Waals surface area contributed by atoms with Gasteiger partial charge in [0.15, 0.2) is 0 Å². The van der Waals surface area contributed by atoms with E-state index in [0.29, 0.717) is 0 Å². The highest BCUT2D eigenvalue weighted by Crippen LogP contribution is 2.30. The fourth-order valence-corrected chi connectivity index (χ4v) is 2.05. The van der Waals surface area contributed by atoms with Crippen LogP contribution >= 0.6 is 23.2 Å². The van der Waals surface area contributed by atoms with Crippen LogP contribution in [0.1, 0.15) is 38.9 Å². The predicted octanol–water partition coefficient (Wildman–Crippen LogP) is 2.70. The Hall–Kier alpha value is -1.08. The molecule has 2 atom stereocenters. The van der Waals surface area contributed by atoms with E-state index in [-0.39, 0.29) is 28.7 Å². The van der Waals surface area contributed by atoms with Crippen LogP contribution in [0.4, 0.5) is 4.79 Å². The normalized spacial score (nSPS) is 14.3. The van der Waals surface area contributed by atoms with Crippen molar-refractivity contribution in [1.29, 1.82) is 0 Å². The first-order chi connectivity index (χ1) is 10.1. The van der Waals surface area contributed by atoms with E-state index >= 15 is 0 Å². The quantitative estimate of drug-likeness (QED) is 0.710. The highest BCUT2D eigenvalue weighted by atomic mass is 35.5. The van der Waals surface area contributed by atoms with Crippen molar-refractivity contribution in [3.05, 3.63) is 28.0 Å². The topological polar surface area (TPSA) is 91.7 Å². The molecule has 6 nitrogen and oxygen atoms in total. The summed E-state index contributed by atoms with van der Waals surface area (Å²) in [6.07, 6.45) is -1.42. The largest absolute Gasteiger partial charge is 0.444 e. The summed E-state index contributed by atoms with van der Waals surface area (Å²) < 4.78 is 5.06. The van der Waals surface area contributed by atoms with Gasteiger partial charge in [-0.3, -0.25) is 0 Å². The second-order valence-electron chi connectivity index (χ2n) is 5.73. The molecule has 1 amide bonds. The second-order valence-corrected chi connectivity index (χ2v) is 6.47. The number of hydrogen-bond acceptors (Lipinski definition) is 5. The fraction of sp³-hybridized carbons (Fsp3) is 0.571. The van der Waals surface area contributed by atoms with E-state index < -0.39 is 23.9 Å². The number of nitrogens with zero attached hydrogens (tertiary/aromatic N) is 1. The molecule has 0 saturated carbocycles. The van der Waals surface area contributed by atoms with Crippen molar-refractivity contribution < 1.29 is 19.7 Å². The molecule has 0 aliphatic heterocycles. The number of hydrogen-bond donors (Lipinski definition) is 3. The zero-order valence-electron chi connectivity index (χ0n) is 12.6.